The molecule has 0 aliphatic carbocycles. The van der Waals surface area contributed by atoms with E-state index in [1.165, 1.54) is 11.7 Å². The van der Waals surface area contributed by atoms with Crippen molar-refractivity contribution in [3.05, 3.63) is 44.1 Å². The van der Waals surface area contributed by atoms with E-state index in [4.69, 9.17) is 4.74 Å². The number of hydrogen-bond acceptors (Lipinski definition) is 8. The van der Waals surface area contributed by atoms with Gasteiger partial charge in [-0.25, -0.2) is 9.78 Å². The number of hydrogen-bond donors (Lipinski definition) is 4. The fourth-order valence-electron chi connectivity index (χ4n) is 3.06. The van der Waals surface area contributed by atoms with Crippen LogP contribution in [0.3, 0.4) is 0 Å². The number of benzene rings is 1. The van der Waals surface area contributed by atoms with Crippen LogP contribution in [0.1, 0.15) is 11.1 Å². The van der Waals surface area contributed by atoms with Crippen LogP contribution in [0, 0.1) is 13.8 Å². The molecule has 28 heavy (non-hydrogen) atoms. The highest BCUT2D eigenvalue weighted by molar-refractivity contribution is 5.81. The number of nitrogens with one attached hydrogen (secondary N) is 1. The SMILES string of the molecule is COCC(O)C(O)C(O)Cn1c2nc(=O)[nH]c(=O)c-2nc2cc(C)c(C)cc21. The van der Waals surface area contributed by atoms with Crippen LogP contribution in [-0.2, 0) is 11.3 Å². The van der Waals surface area contributed by atoms with Crippen molar-refractivity contribution in [2.75, 3.05) is 13.7 Å². The third kappa shape index (κ3) is 3.67. The standard InChI is InChI=1S/C18H22N4O6/c1-8-4-10-11(5-9(8)2)22(6-12(23)15(25)13(24)7-28-3)16-14(19-10)17(26)21-18(27)20-16/h4-5,12-13,15,23-25H,6-7H2,1-3H3,(H,21,26,27). The monoisotopic (exact) mass is 390 g/mol. The highest BCUT2D eigenvalue weighted by atomic mass is 16.5. The summed E-state index contributed by atoms with van der Waals surface area (Å²) in [7, 11) is 1.36. The largest absolute Gasteiger partial charge is 0.388 e. The highest BCUT2D eigenvalue weighted by Crippen LogP contribution is 2.24. The lowest BCUT2D eigenvalue weighted by atomic mass is 10.1. The first-order valence-corrected chi connectivity index (χ1v) is 8.68. The first-order valence-electron chi connectivity index (χ1n) is 8.68. The number of aromatic amines is 1. The smallest absolute Gasteiger partial charge is 0.349 e. The van der Waals surface area contributed by atoms with Gasteiger partial charge in [0.25, 0.3) is 5.56 Å². The zero-order valence-corrected chi connectivity index (χ0v) is 15.7. The Morgan fingerprint density at radius 1 is 1.11 bits per heavy atom. The molecule has 0 aromatic heterocycles. The number of rotatable bonds is 6. The Bertz CT molecular complexity index is 1090. The van der Waals surface area contributed by atoms with E-state index in [0.717, 1.165) is 11.1 Å². The Morgan fingerprint density at radius 3 is 2.46 bits per heavy atom. The molecule has 1 aromatic rings. The Hall–Kier alpha value is -2.66. The fraction of sp³-hybridized carbons (Fsp3) is 0.444. The van der Waals surface area contributed by atoms with Crippen LogP contribution in [0.2, 0.25) is 0 Å². The van der Waals surface area contributed by atoms with Crippen molar-refractivity contribution in [1.29, 1.82) is 0 Å². The molecule has 10 nitrogen and oxygen atoms in total. The second kappa shape index (κ2) is 7.76. The summed E-state index contributed by atoms with van der Waals surface area (Å²) in [5, 5.41) is 30.5. The minimum atomic E-state index is -1.51. The van der Waals surface area contributed by atoms with E-state index in [9.17, 15) is 24.9 Å². The van der Waals surface area contributed by atoms with E-state index in [2.05, 4.69) is 15.0 Å². The number of aromatic nitrogens is 4. The Labute approximate surface area is 159 Å². The van der Waals surface area contributed by atoms with Crippen molar-refractivity contribution < 1.29 is 20.1 Å². The van der Waals surface area contributed by atoms with E-state index in [1.807, 2.05) is 13.8 Å². The molecule has 0 bridgehead atoms. The third-order valence-corrected chi connectivity index (χ3v) is 4.72. The lowest BCUT2D eigenvalue weighted by Crippen LogP contribution is -2.42. The lowest BCUT2D eigenvalue weighted by Gasteiger charge is -2.25. The molecule has 3 unspecified atom stereocenters. The second-order valence-corrected chi connectivity index (χ2v) is 6.77. The summed E-state index contributed by atoms with van der Waals surface area (Å²) in [4.78, 5) is 34.2. The zero-order chi connectivity index (χ0) is 20.6. The van der Waals surface area contributed by atoms with Crippen molar-refractivity contribution in [1.82, 2.24) is 19.5 Å². The van der Waals surface area contributed by atoms with Crippen molar-refractivity contribution in [3.63, 3.8) is 0 Å². The predicted octanol–water partition coefficient (Wildman–Crippen LogP) is -1.07. The van der Waals surface area contributed by atoms with Gasteiger partial charge >= 0.3 is 5.69 Å². The van der Waals surface area contributed by atoms with Crippen molar-refractivity contribution in [2.24, 2.45) is 0 Å². The number of ether oxygens (including phenoxy) is 1. The molecule has 0 radical (unpaired) electrons. The number of fused-ring (bicyclic) bond motifs is 2. The van der Waals surface area contributed by atoms with Gasteiger partial charge in [-0.1, -0.05) is 0 Å². The van der Waals surface area contributed by atoms with Crippen LogP contribution >= 0.6 is 0 Å². The molecule has 3 atom stereocenters. The molecule has 2 aliphatic rings. The van der Waals surface area contributed by atoms with Gasteiger partial charge in [-0.15, -0.1) is 0 Å². The van der Waals surface area contributed by atoms with E-state index in [0.29, 0.717) is 11.0 Å². The first-order chi connectivity index (χ1) is 13.2. The van der Waals surface area contributed by atoms with Gasteiger partial charge in [0.05, 0.1) is 24.2 Å². The van der Waals surface area contributed by atoms with Crippen LogP contribution in [0.15, 0.2) is 21.7 Å². The number of aliphatic hydroxyl groups excluding tert-OH is 3. The molecule has 3 rings (SSSR count). The van der Waals surface area contributed by atoms with Gasteiger partial charge in [-0.3, -0.25) is 9.78 Å². The van der Waals surface area contributed by atoms with E-state index < -0.39 is 29.6 Å². The fourth-order valence-corrected chi connectivity index (χ4v) is 3.06. The summed E-state index contributed by atoms with van der Waals surface area (Å²) in [5.41, 5.74) is 1.29. The third-order valence-electron chi connectivity index (χ3n) is 4.72. The van der Waals surface area contributed by atoms with Crippen molar-refractivity contribution >= 4 is 11.0 Å². The van der Waals surface area contributed by atoms with Gasteiger partial charge in [0, 0.05) is 7.11 Å². The molecular weight excluding hydrogens is 368 g/mol. The van der Waals surface area contributed by atoms with Crippen LogP contribution in [-0.4, -0.2) is 66.9 Å². The number of aryl methyl sites for hydroxylation is 2. The molecule has 10 heteroatoms. The van der Waals surface area contributed by atoms with E-state index >= 15 is 0 Å². The minimum absolute atomic E-state index is 0.0167. The average molecular weight is 390 g/mol. The summed E-state index contributed by atoms with van der Waals surface area (Å²) in [6.45, 7) is 3.40. The maximum absolute atomic E-state index is 12.2. The summed E-state index contributed by atoms with van der Waals surface area (Å²) < 4.78 is 6.24. The maximum Gasteiger partial charge on any atom is 0.349 e. The summed E-state index contributed by atoms with van der Waals surface area (Å²) in [6, 6.07) is 3.59. The molecule has 1 aromatic carbocycles. The molecule has 0 saturated carbocycles. The molecular formula is C18H22N4O6. The quantitative estimate of drug-likeness (QED) is 0.389. The second-order valence-electron chi connectivity index (χ2n) is 6.77. The molecule has 0 amide bonds. The minimum Gasteiger partial charge on any atom is -0.388 e. The maximum atomic E-state index is 12.2. The Morgan fingerprint density at radius 2 is 1.79 bits per heavy atom. The number of nitrogens with zero attached hydrogens (tertiary/aromatic N) is 3. The van der Waals surface area contributed by atoms with Gasteiger partial charge in [0.2, 0.25) is 0 Å². The van der Waals surface area contributed by atoms with Crippen LogP contribution in [0.25, 0.3) is 22.6 Å². The molecule has 0 spiro atoms. The Balaban J connectivity index is 2.21. The van der Waals surface area contributed by atoms with Gasteiger partial charge in [0.15, 0.2) is 11.5 Å². The highest BCUT2D eigenvalue weighted by Gasteiger charge is 2.27. The van der Waals surface area contributed by atoms with Crippen molar-refractivity contribution in [2.45, 2.75) is 38.7 Å². The van der Waals surface area contributed by atoms with Gasteiger partial charge in [-0.05, 0) is 37.1 Å². The molecule has 0 fully saturated rings. The van der Waals surface area contributed by atoms with E-state index in [-0.39, 0.29) is 24.7 Å². The normalized spacial score (nSPS) is 15.1. The number of methoxy groups -OCH3 is 1. The average Bonchev–Trinajstić information content (AvgIpc) is 2.63. The molecule has 2 aliphatic heterocycles. The lowest BCUT2D eigenvalue weighted by molar-refractivity contribution is -0.0857. The van der Waals surface area contributed by atoms with Gasteiger partial charge in [-0.2, -0.15) is 4.98 Å². The number of H-pyrrole nitrogens is 1. The van der Waals surface area contributed by atoms with E-state index in [1.54, 1.807) is 12.1 Å². The summed E-state index contributed by atoms with van der Waals surface area (Å²) in [6.07, 6.45) is -4.23. The molecule has 4 N–H and O–H groups in total. The zero-order valence-electron chi connectivity index (χ0n) is 15.7. The topological polar surface area (TPSA) is 151 Å². The molecule has 150 valence electrons. The van der Waals surface area contributed by atoms with Gasteiger partial charge < -0.3 is 24.6 Å². The van der Waals surface area contributed by atoms with Gasteiger partial charge in [0.1, 0.15) is 18.3 Å². The molecule has 0 saturated heterocycles. The summed E-state index contributed by atoms with van der Waals surface area (Å²) >= 11 is 0. The first kappa shape index (κ1) is 20.1. The summed E-state index contributed by atoms with van der Waals surface area (Å²) in [5.74, 6) is -0.0167. The van der Waals surface area contributed by atoms with Crippen LogP contribution in [0.4, 0.5) is 0 Å². The van der Waals surface area contributed by atoms with Crippen LogP contribution in [0.5, 0.6) is 0 Å². The molecule has 2 heterocycles. The predicted molar refractivity (Wildman–Crippen MR) is 100 cm³/mol. The Kier molecular flexibility index (Phi) is 5.57. The van der Waals surface area contributed by atoms with Crippen LogP contribution < -0.4 is 11.2 Å². The van der Waals surface area contributed by atoms with Crippen molar-refractivity contribution in [3.8, 4) is 11.5 Å². The number of aliphatic hydroxyl groups is 3.